The molecule has 0 saturated carbocycles. The molecule has 0 aliphatic rings. The van der Waals surface area contributed by atoms with Crippen LogP contribution in [0, 0.1) is 0 Å². The van der Waals surface area contributed by atoms with Gasteiger partial charge in [0.1, 0.15) is 5.76 Å². The average molecular weight is 464 g/mol. The molecule has 4 aromatic rings. The Kier molecular flexibility index (Phi) is 5.92. The van der Waals surface area contributed by atoms with E-state index in [0.717, 1.165) is 16.0 Å². The van der Waals surface area contributed by atoms with Crippen LogP contribution >= 0.6 is 46.1 Å². The van der Waals surface area contributed by atoms with Crippen LogP contribution in [-0.2, 0) is 6.42 Å². The predicted octanol–water partition coefficient (Wildman–Crippen LogP) is 7.21. The summed E-state index contributed by atoms with van der Waals surface area (Å²) in [7, 11) is 0. The Balaban J connectivity index is 1.45. The van der Waals surface area contributed by atoms with Gasteiger partial charge in [0, 0.05) is 38.1 Å². The summed E-state index contributed by atoms with van der Waals surface area (Å²) in [6, 6.07) is 15.9. The summed E-state index contributed by atoms with van der Waals surface area (Å²) < 4.78 is 5.66. The van der Waals surface area contributed by atoms with Crippen molar-refractivity contribution in [2.45, 2.75) is 6.42 Å². The highest BCUT2D eigenvalue weighted by Crippen LogP contribution is 2.28. The van der Waals surface area contributed by atoms with E-state index in [1.165, 1.54) is 11.3 Å². The molecule has 2 heterocycles. The Morgan fingerprint density at radius 3 is 2.69 bits per heavy atom. The first-order valence-corrected chi connectivity index (χ1v) is 10.5. The molecule has 4 nitrogen and oxygen atoms in total. The average Bonchev–Trinajstić information content (AvgIpc) is 3.35. The van der Waals surface area contributed by atoms with Gasteiger partial charge in [-0.25, -0.2) is 4.98 Å². The second-order valence-electron chi connectivity index (χ2n) is 6.17. The molecule has 0 aliphatic carbocycles. The van der Waals surface area contributed by atoms with Gasteiger partial charge in [0.05, 0.1) is 0 Å². The monoisotopic (exact) mass is 462 g/mol. The molecule has 0 saturated heterocycles. The van der Waals surface area contributed by atoms with Crippen molar-refractivity contribution in [1.29, 1.82) is 0 Å². The van der Waals surface area contributed by atoms with Crippen LogP contribution in [0.5, 0.6) is 0 Å². The molecule has 1 amide bonds. The molecular formula is C21H13Cl3N2O2S. The van der Waals surface area contributed by atoms with Crippen LogP contribution < -0.4 is 5.32 Å². The van der Waals surface area contributed by atoms with Crippen LogP contribution in [0.15, 0.2) is 65.2 Å². The van der Waals surface area contributed by atoms with E-state index in [-0.39, 0.29) is 11.7 Å². The maximum atomic E-state index is 12.5. The molecule has 0 bridgehead atoms. The Hall–Kier alpha value is -2.31. The van der Waals surface area contributed by atoms with E-state index in [9.17, 15) is 4.79 Å². The summed E-state index contributed by atoms with van der Waals surface area (Å²) in [5.41, 5.74) is 1.70. The zero-order valence-electron chi connectivity index (χ0n) is 14.8. The second kappa shape index (κ2) is 8.59. The number of thiazole rings is 1. The normalized spacial score (nSPS) is 10.9. The molecule has 0 atom stereocenters. The van der Waals surface area contributed by atoms with Crippen molar-refractivity contribution in [3.8, 4) is 11.3 Å². The van der Waals surface area contributed by atoms with Gasteiger partial charge in [0.15, 0.2) is 10.9 Å². The van der Waals surface area contributed by atoms with Crippen LogP contribution in [0.3, 0.4) is 0 Å². The van der Waals surface area contributed by atoms with E-state index >= 15 is 0 Å². The van der Waals surface area contributed by atoms with Crippen molar-refractivity contribution in [2.24, 2.45) is 0 Å². The highest BCUT2D eigenvalue weighted by molar-refractivity contribution is 7.15. The molecule has 1 N–H and O–H groups in total. The highest BCUT2D eigenvalue weighted by atomic mass is 35.5. The third-order valence-corrected chi connectivity index (χ3v) is 5.84. The Labute approximate surface area is 186 Å². The van der Waals surface area contributed by atoms with Gasteiger partial charge in [-0.2, -0.15) is 0 Å². The molecule has 4 rings (SSSR count). The number of carbonyl (C=O) groups is 1. The molecule has 0 aliphatic heterocycles. The summed E-state index contributed by atoms with van der Waals surface area (Å²) in [4.78, 5) is 17.7. The summed E-state index contributed by atoms with van der Waals surface area (Å²) in [6.45, 7) is 0. The zero-order valence-corrected chi connectivity index (χ0v) is 17.9. The number of rotatable bonds is 5. The lowest BCUT2D eigenvalue weighted by molar-refractivity contribution is 0.0997. The molecule has 0 spiro atoms. The minimum absolute atomic E-state index is 0.189. The van der Waals surface area contributed by atoms with Crippen LogP contribution in [0.4, 0.5) is 5.13 Å². The van der Waals surface area contributed by atoms with Gasteiger partial charge < -0.3 is 4.42 Å². The zero-order chi connectivity index (χ0) is 20.4. The molecule has 0 unspecified atom stereocenters. The third kappa shape index (κ3) is 4.82. The molecule has 29 heavy (non-hydrogen) atoms. The number of aromatic nitrogens is 1. The van der Waals surface area contributed by atoms with Crippen molar-refractivity contribution in [2.75, 3.05) is 5.32 Å². The molecule has 146 valence electrons. The molecular weight excluding hydrogens is 451 g/mol. The number of hydrogen-bond acceptors (Lipinski definition) is 4. The van der Waals surface area contributed by atoms with Crippen LogP contribution in [0.2, 0.25) is 15.1 Å². The standard InChI is InChI=1S/C21H13Cl3N2O2S/c22-14-3-1-2-12(8-14)18-6-7-19(28-18)20(27)26-21-25-11-16(29-21)10-13-9-15(23)4-5-17(13)24/h1-9,11H,10H2,(H,25,26,27). The van der Waals surface area contributed by atoms with Crippen LogP contribution in [0.1, 0.15) is 21.0 Å². The fourth-order valence-corrected chi connectivity index (χ4v) is 4.13. The molecule has 2 aromatic heterocycles. The van der Waals surface area contributed by atoms with E-state index in [1.54, 1.807) is 42.6 Å². The van der Waals surface area contributed by atoms with Crippen molar-refractivity contribution >= 4 is 57.2 Å². The van der Waals surface area contributed by atoms with Crippen molar-refractivity contribution in [1.82, 2.24) is 4.98 Å². The summed E-state index contributed by atoms with van der Waals surface area (Å²) in [6.07, 6.45) is 2.28. The van der Waals surface area contributed by atoms with E-state index in [0.29, 0.717) is 32.4 Å². The second-order valence-corrected chi connectivity index (χ2v) is 8.57. The number of hydrogen-bond donors (Lipinski definition) is 1. The first-order valence-electron chi connectivity index (χ1n) is 8.54. The van der Waals surface area contributed by atoms with Gasteiger partial charge in [-0.05, 0) is 48.0 Å². The van der Waals surface area contributed by atoms with E-state index < -0.39 is 0 Å². The summed E-state index contributed by atoms with van der Waals surface area (Å²) >= 11 is 19.6. The number of anilines is 1. The Morgan fingerprint density at radius 2 is 1.86 bits per heavy atom. The molecule has 2 aromatic carbocycles. The number of furan rings is 1. The van der Waals surface area contributed by atoms with Gasteiger partial charge in [-0.15, -0.1) is 11.3 Å². The lowest BCUT2D eigenvalue weighted by Gasteiger charge is -2.02. The van der Waals surface area contributed by atoms with Crippen LogP contribution in [0.25, 0.3) is 11.3 Å². The van der Waals surface area contributed by atoms with E-state index in [2.05, 4.69) is 10.3 Å². The molecule has 0 radical (unpaired) electrons. The number of carbonyl (C=O) groups excluding carboxylic acids is 1. The van der Waals surface area contributed by atoms with Crippen molar-refractivity contribution < 1.29 is 9.21 Å². The highest BCUT2D eigenvalue weighted by Gasteiger charge is 2.15. The van der Waals surface area contributed by atoms with Crippen molar-refractivity contribution in [3.05, 3.63) is 92.1 Å². The first-order chi connectivity index (χ1) is 14.0. The Bertz CT molecular complexity index is 1190. The minimum Gasteiger partial charge on any atom is -0.451 e. The van der Waals surface area contributed by atoms with Crippen LogP contribution in [-0.4, -0.2) is 10.9 Å². The van der Waals surface area contributed by atoms with Crippen molar-refractivity contribution in [3.63, 3.8) is 0 Å². The quantitative estimate of drug-likeness (QED) is 0.340. The van der Waals surface area contributed by atoms with Gasteiger partial charge in [0.25, 0.3) is 5.91 Å². The largest absolute Gasteiger partial charge is 0.451 e. The molecule has 0 fully saturated rings. The van der Waals surface area contributed by atoms with Gasteiger partial charge >= 0.3 is 0 Å². The fraction of sp³-hybridized carbons (Fsp3) is 0.0476. The minimum atomic E-state index is -0.375. The maximum Gasteiger partial charge on any atom is 0.293 e. The number of benzene rings is 2. The lowest BCUT2D eigenvalue weighted by atomic mass is 10.1. The molecule has 8 heteroatoms. The Morgan fingerprint density at radius 1 is 1.03 bits per heavy atom. The fourth-order valence-electron chi connectivity index (χ4n) is 2.73. The van der Waals surface area contributed by atoms with Gasteiger partial charge in [-0.1, -0.05) is 46.9 Å². The SMILES string of the molecule is O=C(Nc1ncc(Cc2cc(Cl)ccc2Cl)s1)c1ccc(-c2cccc(Cl)c2)o1. The van der Waals surface area contributed by atoms with Gasteiger partial charge in [-0.3, -0.25) is 10.1 Å². The first kappa shape index (κ1) is 20.0. The number of halogens is 3. The third-order valence-electron chi connectivity index (χ3n) is 4.09. The van der Waals surface area contributed by atoms with E-state index in [1.807, 2.05) is 18.2 Å². The van der Waals surface area contributed by atoms with E-state index in [4.69, 9.17) is 39.2 Å². The lowest BCUT2D eigenvalue weighted by Crippen LogP contribution is -2.10. The smallest absolute Gasteiger partial charge is 0.293 e. The topological polar surface area (TPSA) is 55.1 Å². The summed E-state index contributed by atoms with van der Waals surface area (Å²) in [5, 5.41) is 5.09. The predicted molar refractivity (Wildman–Crippen MR) is 118 cm³/mol. The number of amides is 1. The van der Waals surface area contributed by atoms with Gasteiger partial charge in [0.2, 0.25) is 0 Å². The number of nitrogens with one attached hydrogen (secondary N) is 1. The maximum absolute atomic E-state index is 12.5. The number of nitrogens with zero attached hydrogens (tertiary/aromatic N) is 1. The summed E-state index contributed by atoms with van der Waals surface area (Å²) in [5.74, 6) is 0.377.